The SMILES string of the molecule is CCCCCC/C=C/C(O)C(CS(=O)(=O)O)NC(=O)CCCCCCCCCCCCC/C=C\CCCCCCCCCC. The van der Waals surface area contributed by atoms with Crippen LogP contribution < -0.4 is 5.32 Å². The lowest BCUT2D eigenvalue weighted by Crippen LogP contribution is -2.46. The molecule has 0 aliphatic heterocycles. The van der Waals surface area contributed by atoms with E-state index in [2.05, 4.69) is 31.3 Å². The van der Waals surface area contributed by atoms with Gasteiger partial charge >= 0.3 is 0 Å². The number of rotatable bonds is 33. The number of allylic oxidation sites excluding steroid dienone is 3. The first-order valence-corrected chi connectivity index (χ1v) is 20.1. The molecular formula is C37H71NO5S. The van der Waals surface area contributed by atoms with Crippen molar-refractivity contribution in [2.45, 2.75) is 199 Å². The van der Waals surface area contributed by atoms with Crippen molar-refractivity contribution in [3.8, 4) is 0 Å². The highest BCUT2D eigenvalue weighted by Crippen LogP contribution is 2.14. The van der Waals surface area contributed by atoms with E-state index in [1.54, 1.807) is 0 Å². The minimum atomic E-state index is -4.32. The molecule has 0 aliphatic rings. The van der Waals surface area contributed by atoms with E-state index >= 15 is 0 Å². The fourth-order valence-corrected chi connectivity index (χ4v) is 6.30. The summed E-state index contributed by atoms with van der Waals surface area (Å²) in [5, 5.41) is 13.0. The molecule has 1 amide bonds. The first-order chi connectivity index (χ1) is 21.3. The number of hydrogen-bond donors (Lipinski definition) is 3. The largest absolute Gasteiger partial charge is 0.387 e. The normalized spacial score (nSPS) is 13.6. The molecule has 0 bridgehead atoms. The van der Waals surface area contributed by atoms with Crippen LogP contribution in [0.4, 0.5) is 0 Å². The third-order valence-corrected chi connectivity index (χ3v) is 9.15. The van der Waals surface area contributed by atoms with E-state index < -0.39 is 28.0 Å². The van der Waals surface area contributed by atoms with Crippen molar-refractivity contribution in [3.63, 3.8) is 0 Å². The van der Waals surface area contributed by atoms with E-state index in [1.807, 2.05) is 6.08 Å². The van der Waals surface area contributed by atoms with Crippen LogP contribution in [0.15, 0.2) is 24.3 Å². The Morgan fingerprint density at radius 2 is 0.955 bits per heavy atom. The van der Waals surface area contributed by atoms with Gasteiger partial charge < -0.3 is 10.4 Å². The van der Waals surface area contributed by atoms with Gasteiger partial charge in [0.05, 0.1) is 17.9 Å². The Morgan fingerprint density at radius 1 is 0.591 bits per heavy atom. The number of unbranched alkanes of at least 4 members (excludes halogenated alkanes) is 23. The van der Waals surface area contributed by atoms with Crippen LogP contribution in [0.2, 0.25) is 0 Å². The fourth-order valence-electron chi connectivity index (χ4n) is 5.56. The molecular weight excluding hydrogens is 570 g/mol. The van der Waals surface area contributed by atoms with Gasteiger partial charge in [-0.1, -0.05) is 160 Å². The predicted molar refractivity (Wildman–Crippen MR) is 189 cm³/mol. The summed E-state index contributed by atoms with van der Waals surface area (Å²) in [7, 11) is -4.32. The van der Waals surface area contributed by atoms with Crippen LogP contribution in [0, 0.1) is 0 Å². The number of carbonyl (C=O) groups is 1. The molecule has 0 rings (SSSR count). The summed E-state index contributed by atoms with van der Waals surface area (Å²) >= 11 is 0. The van der Waals surface area contributed by atoms with Gasteiger partial charge in [0.25, 0.3) is 10.1 Å². The Bertz CT molecular complexity index is 796. The van der Waals surface area contributed by atoms with Gasteiger partial charge in [-0.2, -0.15) is 8.42 Å². The van der Waals surface area contributed by atoms with Gasteiger partial charge in [0.1, 0.15) is 0 Å². The van der Waals surface area contributed by atoms with Crippen molar-refractivity contribution < 1.29 is 22.9 Å². The number of amides is 1. The number of nitrogens with one attached hydrogen (secondary N) is 1. The number of hydrogen-bond acceptors (Lipinski definition) is 4. The van der Waals surface area contributed by atoms with Crippen LogP contribution in [0.25, 0.3) is 0 Å². The quantitative estimate of drug-likeness (QED) is 0.0376. The Hall–Kier alpha value is -1.18. The molecule has 2 atom stereocenters. The molecule has 0 heterocycles. The highest BCUT2D eigenvalue weighted by Gasteiger charge is 2.24. The third-order valence-electron chi connectivity index (χ3n) is 8.37. The second-order valence-corrected chi connectivity index (χ2v) is 14.4. The number of carbonyl (C=O) groups excluding carboxylic acids is 1. The van der Waals surface area contributed by atoms with Gasteiger partial charge in [0, 0.05) is 6.42 Å². The molecule has 0 aromatic heterocycles. The van der Waals surface area contributed by atoms with Crippen LogP contribution in [-0.4, -0.2) is 41.9 Å². The lowest BCUT2D eigenvalue weighted by molar-refractivity contribution is -0.122. The van der Waals surface area contributed by atoms with E-state index in [0.29, 0.717) is 6.42 Å². The Labute approximate surface area is 273 Å². The molecule has 2 unspecified atom stereocenters. The minimum Gasteiger partial charge on any atom is -0.387 e. The number of aliphatic hydroxyl groups is 1. The van der Waals surface area contributed by atoms with Crippen molar-refractivity contribution in [3.05, 3.63) is 24.3 Å². The van der Waals surface area contributed by atoms with Crippen LogP contribution in [0.5, 0.6) is 0 Å². The van der Waals surface area contributed by atoms with Crippen LogP contribution in [0.1, 0.15) is 187 Å². The molecule has 0 aliphatic carbocycles. The average molecular weight is 642 g/mol. The van der Waals surface area contributed by atoms with Gasteiger partial charge in [0.2, 0.25) is 5.91 Å². The van der Waals surface area contributed by atoms with Crippen molar-refractivity contribution in [1.82, 2.24) is 5.32 Å². The zero-order valence-corrected chi connectivity index (χ0v) is 29.6. The van der Waals surface area contributed by atoms with Crippen LogP contribution in [0.3, 0.4) is 0 Å². The monoisotopic (exact) mass is 642 g/mol. The summed E-state index contributed by atoms with van der Waals surface area (Å²) in [6, 6.07) is -1.05. The zero-order chi connectivity index (χ0) is 32.6. The summed E-state index contributed by atoms with van der Waals surface area (Å²) in [5.41, 5.74) is 0. The van der Waals surface area contributed by atoms with Gasteiger partial charge in [0.15, 0.2) is 0 Å². The molecule has 6 nitrogen and oxygen atoms in total. The van der Waals surface area contributed by atoms with Gasteiger partial charge in [-0.05, 0) is 44.9 Å². The topological polar surface area (TPSA) is 104 Å². The van der Waals surface area contributed by atoms with Crippen LogP contribution in [-0.2, 0) is 14.9 Å². The highest BCUT2D eigenvalue weighted by atomic mass is 32.2. The minimum absolute atomic E-state index is 0.284. The number of aliphatic hydroxyl groups excluding tert-OH is 1. The molecule has 0 fully saturated rings. The van der Waals surface area contributed by atoms with Gasteiger partial charge in [-0.15, -0.1) is 0 Å². The molecule has 0 saturated carbocycles. The molecule has 0 aromatic carbocycles. The van der Waals surface area contributed by atoms with E-state index in [1.165, 1.54) is 122 Å². The fraction of sp³-hybridized carbons (Fsp3) is 0.865. The van der Waals surface area contributed by atoms with Gasteiger partial charge in [-0.3, -0.25) is 9.35 Å². The van der Waals surface area contributed by atoms with E-state index in [0.717, 1.165) is 51.4 Å². The summed E-state index contributed by atoms with van der Waals surface area (Å²) in [6.07, 6.45) is 39.2. The molecule has 44 heavy (non-hydrogen) atoms. The first-order valence-electron chi connectivity index (χ1n) is 18.5. The maximum absolute atomic E-state index is 12.4. The Kier molecular flexibility index (Phi) is 30.9. The van der Waals surface area contributed by atoms with Gasteiger partial charge in [-0.25, -0.2) is 0 Å². The Balaban J connectivity index is 3.72. The Morgan fingerprint density at radius 3 is 1.39 bits per heavy atom. The second kappa shape index (κ2) is 31.8. The first kappa shape index (κ1) is 42.8. The lowest BCUT2D eigenvalue weighted by Gasteiger charge is -2.21. The molecule has 0 aromatic rings. The standard InChI is InChI=1S/C37H71NO5S/c1-3-5-7-9-11-12-13-14-15-16-17-18-19-20-21-22-23-24-25-26-27-29-31-33-37(40)38-35(34-44(41,42)43)36(39)32-30-28-10-8-6-4-2/h16-17,30,32,35-36,39H,3-15,18-29,31,33-34H2,1-2H3,(H,38,40)(H,41,42,43)/b17-16-,32-30+. The van der Waals surface area contributed by atoms with E-state index in [4.69, 9.17) is 0 Å². The molecule has 260 valence electrons. The summed E-state index contributed by atoms with van der Waals surface area (Å²) < 4.78 is 32.1. The van der Waals surface area contributed by atoms with Crippen molar-refractivity contribution in [1.29, 1.82) is 0 Å². The molecule has 7 heteroatoms. The van der Waals surface area contributed by atoms with Crippen LogP contribution >= 0.6 is 0 Å². The smallest absolute Gasteiger partial charge is 0.267 e. The average Bonchev–Trinajstić information content (AvgIpc) is 2.98. The second-order valence-electron chi connectivity index (χ2n) is 12.9. The molecule has 0 saturated heterocycles. The maximum Gasteiger partial charge on any atom is 0.267 e. The highest BCUT2D eigenvalue weighted by molar-refractivity contribution is 7.85. The van der Waals surface area contributed by atoms with Crippen molar-refractivity contribution in [2.24, 2.45) is 0 Å². The van der Waals surface area contributed by atoms with Crippen molar-refractivity contribution in [2.75, 3.05) is 5.75 Å². The summed E-state index contributed by atoms with van der Waals surface area (Å²) in [6.45, 7) is 4.42. The third kappa shape index (κ3) is 32.2. The summed E-state index contributed by atoms with van der Waals surface area (Å²) in [5.74, 6) is -0.982. The predicted octanol–water partition coefficient (Wildman–Crippen LogP) is 10.4. The zero-order valence-electron chi connectivity index (χ0n) is 28.8. The van der Waals surface area contributed by atoms with E-state index in [-0.39, 0.29) is 5.91 Å². The lowest BCUT2D eigenvalue weighted by atomic mass is 10.0. The molecule has 0 radical (unpaired) electrons. The van der Waals surface area contributed by atoms with Crippen molar-refractivity contribution >= 4 is 16.0 Å². The van der Waals surface area contributed by atoms with E-state index in [9.17, 15) is 22.9 Å². The molecule has 3 N–H and O–H groups in total. The molecule has 0 spiro atoms. The maximum atomic E-state index is 12.4. The summed E-state index contributed by atoms with van der Waals surface area (Å²) in [4.78, 5) is 12.4.